The van der Waals surface area contributed by atoms with E-state index in [0.29, 0.717) is 34.6 Å². The number of nitrogens with one attached hydrogen (secondary N) is 1. The third kappa shape index (κ3) is 4.15. The predicted molar refractivity (Wildman–Crippen MR) is 135 cm³/mol. The summed E-state index contributed by atoms with van der Waals surface area (Å²) in [6.07, 6.45) is 5.61. The molecular weight excluding hydrogens is 464 g/mol. The van der Waals surface area contributed by atoms with Crippen LogP contribution in [0.5, 0.6) is 5.75 Å². The molecule has 2 aromatic heterocycles. The van der Waals surface area contributed by atoms with Crippen LogP contribution >= 0.6 is 0 Å². The minimum Gasteiger partial charge on any atom is -0.507 e. The maximum absolute atomic E-state index is 15.6. The minimum atomic E-state index is -1.05. The molecule has 0 radical (unpaired) electrons. The zero-order valence-electron chi connectivity index (χ0n) is 20.9. The molecule has 0 saturated carbocycles. The molecule has 0 unspecified atom stereocenters. The number of phenolic OH excluding ortho intramolecular Hbond substituents is 1. The van der Waals surface area contributed by atoms with E-state index in [1.807, 2.05) is 18.9 Å². The van der Waals surface area contributed by atoms with Crippen LogP contribution in [0, 0.1) is 5.95 Å². The van der Waals surface area contributed by atoms with Crippen LogP contribution in [0.25, 0.3) is 22.4 Å². The number of benzene rings is 1. The molecule has 7 nitrogen and oxygen atoms in total. The number of hydrogen-bond acceptors (Lipinski definition) is 6. The standard InChI is InChI=1S/C27H31F2N5O2/c1-26-8-5-9-27(2,32-26)25(29)20(13-26)33(3)23-15-30-19(14-31-23)18-7-6-16(10-21(18)35)17-11-22(28)34(4)24(36)12-17/h6-7,10-12,14-15,20,25,32,35H,5,8-9,13H2,1-4H3/t20-,25-,26-,27+/m1/s1. The Morgan fingerprint density at radius 2 is 1.92 bits per heavy atom. The first-order valence-corrected chi connectivity index (χ1v) is 12.2. The molecule has 4 atom stereocenters. The SMILES string of the molecule is CN(c1cnc(-c2ccc(-c3cc(F)n(C)c(=O)c3)cc2O)cn1)[C@@H]1C[C@@]2(C)CCC[C@](C)(N2)[C@@H]1F. The molecule has 0 aliphatic carbocycles. The molecule has 0 spiro atoms. The third-order valence-electron chi connectivity index (χ3n) is 7.93. The fourth-order valence-corrected chi connectivity index (χ4v) is 5.85. The number of alkyl halides is 1. The molecule has 190 valence electrons. The summed E-state index contributed by atoms with van der Waals surface area (Å²) in [7, 11) is 3.21. The van der Waals surface area contributed by atoms with Crippen LogP contribution < -0.4 is 15.8 Å². The molecule has 2 aliphatic heterocycles. The van der Waals surface area contributed by atoms with E-state index in [9.17, 15) is 14.3 Å². The lowest BCUT2D eigenvalue weighted by Crippen LogP contribution is -2.72. The number of fused-ring (bicyclic) bond motifs is 2. The summed E-state index contributed by atoms with van der Waals surface area (Å²) >= 11 is 0. The Hall–Kier alpha value is -3.33. The second-order valence-corrected chi connectivity index (χ2v) is 10.7. The monoisotopic (exact) mass is 495 g/mol. The molecule has 2 fully saturated rings. The number of aromatic nitrogens is 3. The zero-order chi connectivity index (χ0) is 25.8. The summed E-state index contributed by atoms with van der Waals surface area (Å²) in [5, 5.41) is 14.2. The Labute approximate surface area is 208 Å². The van der Waals surface area contributed by atoms with Crippen LogP contribution in [0.2, 0.25) is 0 Å². The van der Waals surface area contributed by atoms with Gasteiger partial charge >= 0.3 is 0 Å². The van der Waals surface area contributed by atoms with Crippen molar-refractivity contribution in [3.8, 4) is 28.1 Å². The van der Waals surface area contributed by atoms with Gasteiger partial charge in [0.1, 0.15) is 17.7 Å². The number of nitrogens with zero attached hydrogens (tertiary/aromatic N) is 4. The minimum absolute atomic E-state index is 0.0696. The van der Waals surface area contributed by atoms with Crippen LogP contribution in [0.1, 0.15) is 39.5 Å². The van der Waals surface area contributed by atoms with Gasteiger partial charge in [-0.1, -0.05) is 6.07 Å². The molecule has 2 aliphatic rings. The molecule has 4 heterocycles. The Morgan fingerprint density at radius 1 is 1.14 bits per heavy atom. The van der Waals surface area contributed by atoms with E-state index in [1.54, 1.807) is 24.5 Å². The van der Waals surface area contributed by atoms with Gasteiger partial charge in [-0.3, -0.25) is 14.3 Å². The van der Waals surface area contributed by atoms with E-state index in [-0.39, 0.29) is 17.3 Å². The first kappa shape index (κ1) is 24.4. The van der Waals surface area contributed by atoms with Crippen molar-refractivity contribution in [2.75, 3.05) is 11.9 Å². The summed E-state index contributed by atoms with van der Waals surface area (Å²) in [6.45, 7) is 4.14. The highest BCUT2D eigenvalue weighted by Gasteiger charge is 2.53. The molecule has 1 aromatic carbocycles. The van der Waals surface area contributed by atoms with Gasteiger partial charge in [-0.15, -0.1) is 0 Å². The maximum Gasteiger partial charge on any atom is 0.253 e. The molecule has 3 aromatic rings. The Bertz CT molecular complexity index is 1360. The zero-order valence-corrected chi connectivity index (χ0v) is 20.9. The van der Waals surface area contributed by atoms with Crippen LogP contribution in [-0.4, -0.2) is 50.0 Å². The number of rotatable bonds is 4. The highest BCUT2D eigenvalue weighted by molar-refractivity contribution is 5.74. The van der Waals surface area contributed by atoms with E-state index in [1.165, 1.54) is 25.2 Å². The van der Waals surface area contributed by atoms with Gasteiger partial charge in [-0.25, -0.2) is 9.37 Å². The van der Waals surface area contributed by atoms with Crippen molar-refractivity contribution in [1.82, 2.24) is 19.9 Å². The summed E-state index contributed by atoms with van der Waals surface area (Å²) in [6, 6.07) is 7.04. The van der Waals surface area contributed by atoms with Gasteiger partial charge in [-0.2, -0.15) is 4.39 Å². The fraction of sp³-hybridized carbons (Fsp3) is 0.444. The lowest BCUT2D eigenvalue weighted by Gasteiger charge is -2.56. The summed E-state index contributed by atoms with van der Waals surface area (Å²) in [5.74, 6) is -0.173. The second-order valence-electron chi connectivity index (χ2n) is 10.7. The van der Waals surface area contributed by atoms with Crippen molar-refractivity contribution >= 4 is 5.82 Å². The van der Waals surface area contributed by atoms with Crippen LogP contribution in [0.4, 0.5) is 14.6 Å². The van der Waals surface area contributed by atoms with Gasteiger partial charge in [0, 0.05) is 36.8 Å². The summed E-state index contributed by atoms with van der Waals surface area (Å²) < 4.78 is 30.5. The first-order chi connectivity index (χ1) is 17.0. The first-order valence-electron chi connectivity index (χ1n) is 12.2. The lowest BCUT2D eigenvalue weighted by molar-refractivity contribution is 0.00197. The van der Waals surface area contributed by atoms with Gasteiger partial charge in [0.15, 0.2) is 5.95 Å². The summed E-state index contributed by atoms with van der Waals surface area (Å²) in [4.78, 5) is 22.8. The molecule has 5 rings (SSSR count). The average Bonchev–Trinajstić information content (AvgIpc) is 2.84. The van der Waals surface area contributed by atoms with Gasteiger partial charge < -0.3 is 15.3 Å². The fourth-order valence-electron chi connectivity index (χ4n) is 5.85. The number of halogens is 2. The largest absolute Gasteiger partial charge is 0.507 e. The van der Waals surface area contributed by atoms with E-state index >= 15 is 4.39 Å². The molecule has 9 heteroatoms. The van der Waals surface area contributed by atoms with Crippen LogP contribution in [0.3, 0.4) is 0 Å². The maximum atomic E-state index is 15.6. The van der Waals surface area contributed by atoms with Crippen molar-refractivity contribution in [2.24, 2.45) is 7.05 Å². The molecule has 0 amide bonds. The molecule has 36 heavy (non-hydrogen) atoms. The van der Waals surface area contributed by atoms with E-state index in [2.05, 4.69) is 22.2 Å². The number of anilines is 1. The van der Waals surface area contributed by atoms with Gasteiger partial charge in [0.25, 0.3) is 5.56 Å². The number of aromatic hydroxyl groups is 1. The molecule has 2 N–H and O–H groups in total. The molecule has 2 bridgehead atoms. The Morgan fingerprint density at radius 3 is 2.58 bits per heavy atom. The predicted octanol–water partition coefficient (Wildman–Crippen LogP) is 4.19. The Kier molecular flexibility index (Phi) is 5.86. The quantitative estimate of drug-likeness (QED) is 0.528. The topological polar surface area (TPSA) is 83.3 Å². The highest BCUT2D eigenvalue weighted by atomic mass is 19.1. The van der Waals surface area contributed by atoms with Crippen molar-refractivity contribution in [1.29, 1.82) is 0 Å². The average molecular weight is 496 g/mol. The number of pyridine rings is 1. The van der Waals surface area contributed by atoms with E-state index in [0.717, 1.165) is 23.8 Å². The van der Waals surface area contributed by atoms with Gasteiger partial charge in [0.2, 0.25) is 0 Å². The number of phenols is 1. The van der Waals surface area contributed by atoms with Gasteiger partial charge in [0.05, 0.1) is 24.1 Å². The van der Waals surface area contributed by atoms with Crippen molar-refractivity contribution in [3.05, 3.63) is 59.0 Å². The number of hydrogen-bond donors (Lipinski definition) is 2. The number of piperidine rings is 2. The van der Waals surface area contributed by atoms with Crippen LogP contribution in [0.15, 0.2) is 47.5 Å². The molecule has 2 saturated heterocycles. The van der Waals surface area contributed by atoms with Crippen molar-refractivity contribution in [2.45, 2.75) is 62.8 Å². The lowest BCUT2D eigenvalue weighted by atomic mass is 9.68. The van der Waals surface area contributed by atoms with Gasteiger partial charge in [-0.05, 0) is 68.9 Å². The highest BCUT2D eigenvalue weighted by Crippen LogP contribution is 2.43. The molecular formula is C27H31F2N5O2. The van der Waals surface area contributed by atoms with E-state index < -0.39 is 23.2 Å². The van der Waals surface area contributed by atoms with E-state index in [4.69, 9.17) is 0 Å². The smallest absolute Gasteiger partial charge is 0.253 e. The summed E-state index contributed by atoms with van der Waals surface area (Å²) in [5.41, 5.74) is 0.627. The third-order valence-corrected chi connectivity index (χ3v) is 7.93. The normalized spacial score (nSPS) is 27.6. The van der Waals surface area contributed by atoms with Crippen molar-refractivity contribution < 1.29 is 13.9 Å². The van der Waals surface area contributed by atoms with Crippen molar-refractivity contribution in [3.63, 3.8) is 0 Å². The Balaban J connectivity index is 1.38. The van der Waals surface area contributed by atoms with Crippen LogP contribution in [-0.2, 0) is 7.05 Å². The second kappa shape index (κ2) is 8.65.